The molecule has 7 nitrogen and oxygen atoms in total. The highest BCUT2D eigenvalue weighted by Crippen LogP contribution is 2.10. The molecule has 0 aliphatic rings. The number of nitrogens with two attached hydrogens (primary N) is 1. The van der Waals surface area contributed by atoms with Gasteiger partial charge in [-0.15, -0.1) is 0 Å². The summed E-state index contributed by atoms with van der Waals surface area (Å²) in [5.74, 6) is -0.260. The van der Waals surface area contributed by atoms with Crippen molar-refractivity contribution in [3.05, 3.63) is 44.6 Å². The minimum atomic E-state index is -0.477. The number of H-pyrrole nitrogens is 1. The second-order valence-electron chi connectivity index (χ2n) is 5.79. The fourth-order valence-corrected chi connectivity index (χ4v) is 2.65. The highest BCUT2D eigenvalue weighted by Gasteiger charge is 2.14. The molecular formula is C17H24N4O3. The van der Waals surface area contributed by atoms with Crippen molar-refractivity contribution in [2.75, 3.05) is 6.54 Å². The van der Waals surface area contributed by atoms with Crippen molar-refractivity contribution in [1.29, 1.82) is 0 Å². The minimum Gasteiger partial charge on any atom is -0.348 e. The summed E-state index contributed by atoms with van der Waals surface area (Å²) in [4.78, 5) is 39.1. The van der Waals surface area contributed by atoms with Crippen molar-refractivity contribution in [3.8, 4) is 0 Å². The average molecular weight is 332 g/mol. The van der Waals surface area contributed by atoms with Gasteiger partial charge in [-0.2, -0.15) is 0 Å². The van der Waals surface area contributed by atoms with Crippen molar-refractivity contribution < 1.29 is 4.79 Å². The van der Waals surface area contributed by atoms with E-state index in [1.54, 1.807) is 19.1 Å². The third kappa shape index (κ3) is 3.73. The fourth-order valence-electron chi connectivity index (χ4n) is 2.65. The first-order valence-corrected chi connectivity index (χ1v) is 8.29. The summed E-state index contributed by atoms with van der Waals surface area (Å²) in [6.45, 7) is 4.48. The Kier molecular flexibility index (Phi) is 5.92. The standard InChI is InChI=1S/C17H24N4O3/c1-3-5-6-12(10-18)19-15(22)11-7-8-13-14(9-11)20-17(24)21(4-2)16(13)23/h7-9,12H,3-6,10,18H2,1-2H3,(H,19,22)(H,20,24). The van der Waals surface area contributed by atoms with Crippen molar-refractivity contribution in [3.63, 3.8) is 0 Å². The number of hydrogen-bond acceptors (Lipinski definition) is 4. The van der Waals surface area contributed by atoms with Crippen LogP contribution in [0.15, 0.2) is 27.8 Å². The maximum atomic E-state index is 12.4. The predicted molar refractivity (Wildman–Crippen MR) is 94.3 cm³/mol. The lowest BCUT2D eigenvalue weighted by atomic mass is 10.1. The normalized spacial score (nSPS) is 12.3. The number of rotatable bonds is 7. The Morgan fingerprint density at radius 1 is 1.33 bits per heavy atom. The van der Waals surface area contributed by atoms with Crippen molar-refractivity contribution in [2.24, 2.45) is 5.73 Å². The Balaban J connectivity index is 2.32. The van der Waals surface area contributed by atoms with Crippen LogP contribution in [-0.2, 0) is 6.54 Å². The molecular weight excluding hydrogens is 308 g/mol. The van der Waals surface area contributed by atoms with E-state index in [4.69, 9.17) is 5.73 Å². The summed E-state index contributed by atoms with van der Waals surface area (Å²) in [5.41, 5.74) is 5.62. The molecule has 0 aliphatic heterocycles. The quantitative estimate of drug-likeness (QED) is 0.701. The van der Waals surface area contributed by atoms with Crippen LogP contribution in [0.5, 0.6) is 0 Å². The number of aromatic nitrogens is 2. The first-order chi connectivity index (χ1) is 11.5. The SMILES string of the molecule is CCCCC(CN)NC(=O)c1ccc2c(=O)n(CC)c(=O)[nH]c2c1. The summed E-state index contributed by atoms with van der Waals surface area (Å²) in [6.07, 6.45) is 2.85. The van der Waals surface area contributed by atoms with E-state index in [1.807, 2.05) is 0 Å². The number of carbonyl (C=O) groups excluding carboxylic acids is 1. The maximum Gasteiger partial charge on any atom is 0.328 e. The molecule has 0 spiro atoms. The van der Waals surface area contributed by atoms with Crippen LogP contribution < -0.4 is 22.3 Å². The molecule has 0 bridgehead atoms. The van der Waals surface area contributed by atoms with Crippen LogP contribution in [0.3, 0.4) is 0 Å². The van der Waals surface area contributed by atoms with E-state index >= 15 is 0 Å². The van der Waals surface area contributed by atoms with E-state index in [1.165, 1.54) is 6.07 Å². The molecule has 1 unspecified atom stereocenters. The predicted octanol–water partition coefficient (Wildman–Crippen LogP) is 0.957. The molecule has 1 amide bonds. The van der Waals surface area contributed by atoms with E-state index < -0.39 is 5.69 Å². The van der Waals surface area contributed by atoms with Crippen LogP contribution in [0.4, 0.5) is 0 Å². The summed E-state index contributed by atoms with van der Waals surface area (Å²) >= 11 is 0. The zero-order valence-electron chi connectivity index (χ0n) is 14.1. The monoisotopic (exact) mass is 332 g/mol. The van der Waals surface area contributed by atoms with E-state index in [2.05, 4.69) is 17.2 Å². The van der Waals surface area contributed by atoms with Gasteiger partial charge in [-0.3, -0.25) is 14.2 Å². The van der Waals surface area contributed by atoms with Gasteiger partial charge in [-0.05, 0) is 31.5 Å². The molecule has 1 aromatic heterocycles. The third-order valence-corrected chi connectivity index (χ3v) is 4.09. The first-order valence-electron chi connectivity index (χ1n) is 8.29. The molecule has 1 heterocycles. The van der Waals surface area contributed by atoms with Gasteiger partial charge in [0.05, 0.1) is 10.9 Å². The zero-order chi connectivity index (χ0) is 17.7. The highest BCUT2D eigenvalue weighted by molar-refractivity contribution is 5.97. The first kappa shape index (κ1) is 17.9. The molecule has 1 atom stereocenters. The lowest BCUT2D eigenvalue weighted by Gasteiger charge is -2.16. The van der Waals surface area contributed by atoms with Crippen molar-refractivity contribution in [2.45, 2.75) is 45.7 Å². The second kappa shape index (κ2) is 7.92. The number of amides is 1. The Hall–Kier alpha value is -2.41. The van der Waals surface area contributed by atoms with Gasteiger partial charge in [0, 0.05) is 24.7 Å². The number of nitrogens with one attached hydrogen (secondary N) is 2. The van der Waals surface area contributed by atoms with Gasteiger partial charge in [0.15, 0.2) is 0 Å². The lowest BCUT2D eigenvalue weighted by Crippen LogP contribution is -2.40. The smallest absolute Gasteiger partial charge is 0.328 e. The molecule has 24 heavy (non-hydrogen) atoms. The molecule has 2 aromatic rings. The van der Waals surface area contributed by atoms with Gasteiger partial charge in [-0.1, -0.05) is 19.8 Å². The Morgan fingerprint density at radius 2 is 2.08 bits per heavy atom. The number of fused-ring (bicyclic) bond motifs is 1. The van der Waals surface area contributed by atoms with Crippen LogP contribution in [0.2, 0.25) is 0 Å². The second-order valence-corrected chi connectivity index (χ2v) is 5.79. The number of hydrogen-bond donors (Lipinski definition) is 3. The summed E-state index contributed by atoms with van der Waals surface area (Å²) in [7, 11) is 0. The highest BCUT2D eigenvalue weighted by atomic mass is 16.2. The zero-order valence-corrected chi connectivity index (χ0v) is 14.1. The summed E-state index contributed by atoms with van der Waals surface area (Å²) in [5, 5.41) is 3.28. The molecule has 0 saturated heterocycles. The molecule has 0 fully saturated rings. The molecule has 0 radical (unpaired) electrons. The van der Waals surface area contributed by atoms with Gasteiger partial charge in [0.25, 0.3) is 11.5 Å². The Morgan fingerprint density at radius 3 is 2.71 bits per heavy atom. The summed E-state index contributed by atoms with van der Waals surface area (Å²) < 4.78 is 1.12. The minimum absolute atomic E-state index is 0.0831. The van der Waals surface area contributed by atoms with Crippen LogP contribution in [0, 0.1) is 0 Å². The number of nitrogens with zero attached hydrogens (tertiary/aromatic N) is 1. The molecule has 1 aromatic carbocycles. The number of unbranched alkanes of at least 4 members (excludes halogenated alkanes) is 1. The van der Waals surface area contributed by atoms with E-state index in [0.29, 0.717) is 29.6 Å². The van der Waals surface area contributed by atoms with Crippen LogP contribution in [0.1, 0.15) is 43.5 Å². The summed E-state index contributed by atoms with van der Waals surface area (Å²) in [6, 6.07) is 4.60. The lowest BCUT2D eigenvalue weighted by molar-refractivity contribution is 0.0936. The van der Waals surface area contributed by atoms with Gasteiger partial charge in [-0.25, -0.2) is 4.79 Å². The van der Waals surface area contributed by atoms with Crippen molar-refractivity contribution in [1.82, 2.24) is 14.9 Å². The van der Waals surface area contributed by atoms with Gasteiger partial charge >= 0.3 is 5.69 Å². The maximum absolute atomic E-state index is 12.4. The molecule has 0 saturated carbocycles. The number of carbonyl (C=O) groups is 1. The number of benzene rings is 1. The van der Waals surface area contributed by atoms with Crippen LogP contribution >= 0.6 is 0 Å². The van der Waals surface area contributed by atoms with E-state index in [-0.39, 0.29) is 17.5 Å². The third-order valence-electron chi connectivity index (χ3n) is 4.09. The van der Waals surface area contributed by atoms with Crippen LogP contribution in [0.25, 0.3) is 10.9 Å². The average Bonchev–Trinajstić information content (AvgIpc) is 2.58. The van der Waals surface area contributed by atoms with E-state index in [9.17, 15) is 14.4 Å². The molecule has 7 heteroatoms. The molecule has 130 valence electrons. The molecule has 4 N–H and O–H groups in total. The Labute approximate surface area is 139 Å². The molecule has 2 rings (SSSR count). The Bertz CT molecular complexity index is 838. The van der Waals surface area contributed by atoms with Crippen LogP contribution in [-0.4, -0.2) is 28.0 Å². The topological polar surface area (TPSA) is 110 Å². The van der Waals surface area contributed by atoms with Gasteiger partial charge < -0.3 is 16.0 Å². The van der Waals surface area contributed by atoms with Crippen molar-refractivity contribution >= 4 is 16.8 Å². The fraction of sp³-hybridized carbons (Fsp3) is 0.471. The van der Waals surface area contributed by atoms with E-state index in [0.717, 1.165) is 23.8 Å². The molecule has 0 aliphatic carbocycles. The number of aromatic amines is 1. The van der Waals surface area contributed by atoms with Gasteiger partial charge in [0.2, 0.25) is 0 Å². The largest absolute Gasteiger partial charge is 0.348 e. The van der Waals surface area contributed by atoms with Gasteiger partial charge in [0.1, 0.15) is 0 Å².